The predicted molar refractivity (Wildman–Crippen MR) is 122 cm³/mol. The molecular weight excluding hydrogens is 408 g/mol. The Balaban J connectivity index is 1.50. The van der Waals surface area contributed by atoms with Crippen LogP contribution in [0, 0.1) is 11.3 Å². The molecule has 0 bridgehead atoms. The number of ether oxygens (including phenoxy) is 1. The number of benzene rings is 2. The number of anilines is 3. The van der Waals surface area contributed by atoms with Gasteiger partial charge in [-0.1, -0.05) is 12.1 Å². The Bertz CT molecular complexity index is 1240. The van der Waals surface area contributed by atoms with Gasteiger partial charge in [-0.2, -0.15) is 10.2 Å². The highest BCUT2D eigenvalue weighted by molar-refractivity contribution is 7.98. The molecule has 0 atom stereocenters. The minimum Gasteiger partial charge on any atom is -0.457 e. The number of aromatic nitrogens is 3. The second kappa shape index (κ2) is 9.15. The fourth-order valence-corrected chi connectivity index (χ4v) is 3.27. The van der Waals surface area contributed by atoms with Crippen LogP contribution in [-0.4, -0.2) is 21.2 Å². The highest BCUT2D eigenvalue weighted by Crippen LogP contribution is 2.27. The number of rotatable bonds is 6. The summed E-state index contributed by atoms with van der Waals surface area (Å²) in [5, 5.41) is 12.2. The van der Waals surface area contributed by atoms with E-state index < -0.39 is 0 Å². The van der Waals surface area contributed by atoms with E-state index in [1.165, 1.54) is 11.1 Å². The molecule has 31 heavy (non-hydrogen) atoms. The van der Waals surface area contributed by atoms with Crippen molar-refractivity contribution in [3.8, 4) is 28.8 Å². The van der Waals surface area contributed by atoms with E-state index in [-0.39, 0.29) is 5.95 Å². The van der Waals surface area contributed by atoms with E-state index in [0.717, 1.165) is 16.9 Å². The van der Waals surface area contributed by atoms with Gasteiger partial charge < -0.3 is 15.8 Å². The Hall–Kier alpha value is -4.09. The van der Waals surface area contributed by atoms with Crippen LogP contribution < -0.4 is 15.8 Å². The van der Waals surface area contributed by atoms with Gasteiger partial charge in [0, 0.05) is 34.5 Å². The largest absolute Gasteiger partial charge is 0.457 e. The Morgan fingerprint density at radius 1 is 0.968 bits per heavy atom. The number of nitrogens with one attached hydrogen (secondary N) is 1. The van der Waals surface area contributed by atoms with Gasteiger partial charge in [0.2, 0.25) is 5.95 Å². The van der Waals surface area contributed by atoms with Crippen LogP contribution >= 0.6 is 11.8 Å². The van der Waals surface area contributed by atoms with Crippen molar-refractivity contribution >= 4 is 29.2 Å². The smallest absolute Gasteiger partial charge is 0.222 e. The molecule has 7 nitrogen and oxygen atoms in total. The molecule has 0 fully saturated rings. The molecule has 2 heterocycles. The van der Waals surface area contributed by atoms with Crippen LogP contribution in [0.2, 0.25) is 0 Å². The lowest BCUT2D eigenvalue weighted by molar-refractivity contribution is 0.482. The lowest BCUT2D eigenvalue weighted by Crippen LogP contribution is -2.01. The molecule has 2 aromatic carbocycles. The van der Waals surface area contributed by atoms with E-state index in [2.05, 4.69) is 20.3 Å². The average molecular weight is 427 g/mol. The van der Waals surface area contributed by atoms with Crippen LogP contribution in [0.1, 0.15) is 5.69 Å². The summed E-state index contributed by atoms with van der Waals surface area (Å²) in [5.41, 5.74) is 8.76. The molecule has 0 radical (unpaired) electrons. The molecule has 0 aliphatic heterocycles. The van der Waals surface area contributed by atoms with Gasteiger partial charge in [0.05, 0.1) is 5.69 Å². The highest BCUT2D eigenvalue weighted by atomic mass is 32.2. The average Bonchev–Trinajstić information content (AvgIpc) is 2.80. The molecule has 4 rings (SSSR count). The zero-order valence-electron chi connectivity index (χ0n) is 16.6. The number of hydrogen-bond acceptors (Lipinski definition) is 8. The summed E-state index contributed by atoms with van der Waals surface area (Å²) in [6.07, 6.45) is 3.58. The summed E-state index contributed by atoms with van der Waals surface area (Å²) in [4.78, 5) is 13.7. The summed E-state index contributed by atoms with van der Waals surface area (Å²) < 4.78 is 5.77. The Morgan fingerprint density at radius 3 is 2.45 bits per heavy atom. The van der Waals surface area contributed by atoms with E-state index in [0.29, 0.717) is 23.0 Å². The first-order chi connectivity index (χ1) is 15.1. The first-order valence-electron chi connectivity index (χ1n) is 9.33. The molecular formula is C23H18N6OS. The molecule has 3 N–H and O–H groups in total. The topological polar surface area (TPSA) is 110 Å². The third-order valence-corrected chi connectivity index (χ3v) is 5.08. The molecule has 0 saturated carbocycles. The minimum atomic E-state index is 0.194. The molecule has 8 heteroatoms. The monoisotopic (exact) mass is 426 g/mol. The van der Waals surface area contributed by atoms with Gasteiger partial charge in [0.25, 0.3) is 0 Å². The van der Waals surface area contributed by atoms with Gasteiger partial charge in [-0.15, -0.1) is 11.8 Å². The standard InChI is InChI=1S/C23H18N6OS/c1-31-20-8-2-15(3-9-20)21-13-22(29-23(25)28-21)27-16-4-6-18(7-5-16)30-19-10-11-26-17(12-19)14-24/h2-13H,1H3,(H3,25,27,28,29). The minimum absolute atomic E-state index is 0.194. The van der Waals surface area contributed by atoms with Crippen molar-refractivity contribution in [1.29, 1.82) is 5.26 Å². The van der Waals surface area contributed by atoms with Crippen molar-refractivity contribution < 1.29 is 4.74 Å². The van der Waals surface area contributed by atoms with Crippen molar-refractivity contribution in [3.63, 3.8) is 0 Å². The maximum atomic E-state index is 8.94. The maximum Gasteiger partial charge on any atom is 0.222 e. The van der Waals surface area contributed by atoms with E-state index in [1.54, 1.807) is 23.9 Å². The molecule has 0 spiro atoms. The van der Waals surface area contributed by atoms with Crippen molar-refractivity contribution in [2.45, 2.75) is 4.90 Å². The molecule has 0 aliphatic carbocycles. The summed E-state index contributed by atoms with van der Waals surface area (Å²) in [6, 6.07) is 22.6. The van der Waals surface area contributed by atoms with Gasteiger partial charge in [0.1, 0.15) is 29.1 Å². The van der Waals surface area contributed by atoms with Gasteiger partial charge in [-0.3, -0.25) is 0 Å². The Labute approximate surface area is 184 Å². The van der Waals surface area contributed by atoms with Gasteiger partial charge in [0.15, 0.2) is 0 Å². The number of pyridine rings is 1. The number of thioether (sulfide) groups is 1. The number of nitrogen functional groups attached to an aromatic ring is 1. The van der Waals surface area contributed by atoms with Crippen molar-refractivity contribution in [2.75, 3.05) is 17.3 Å². The fourth-order valence-electron chi connectivity index (χ4n) is 2.87. The summed E-state index contributed by atoms with van der Waals surface area (Å²) in [5.74, 6) is 1.98. The Kier molecular flexibility index (Phi) is 5.96. The van der Waals surface area contributed by atoms with Crippen LogP contribution in [0.15, 0.2) is 77.8 Å². The summed E-state index contributed by atoms with van der Waals surface area (Å²) in [7, 11) is 0. The zero-order valence-corrected chi connectivity index (χ0v) is 17.4. The molecule has 152 valence electrons. The lowest BCUT2D eigenvalue weighted by atomic mass is 10.1. The second-order valence-electron chi connectivity index (χ2n) is 6.47. The van der Waals surface area contributed by atoms with Gasteiger partial charge >= 0.3 is 0 Å². The number of nitrogens with two attached hydrogens (primary N) is 1. The lowest BCUT2D eigenvalue weighted by Gasteiger charge is -2.10. The van der Waals surface area contributed by atoms with Crippen LogP contribution in [0.4, 0.5) is 17.5 Å². The van der Waals surface area contributed by atoms with Gasteiger partial charge in [-0.05, 0) is 48.7 Å². The van der Waals surface area contributed by atoms with Crippen molar-refractivity contribution in [1.82, 2.24) is 15.0 Å². The SMILES string of the molecule is CSc1ccc(-c2cc(Nc3ccc(Oc4ccnc(C#N)c4)cc3)nc(N)n2)cc1. The first kappa shape index (κ1) is 20.2. The zero-order chi connectivity index (χ0) is 21.6. The van der Waals surface area contributed by atoms with Crippen LogP contribution in [0.25, 0.3) is 11.3 Å². The predicted octanol–water partition coefficient (Wildman–Crippen LogP) is 5.25. The summed E-state index contributed by atoms with van der Waals surface area (Å²) >= 11 is 1.69. The van der Waals surface area contributed by atoms with Crippen LogP contribution in [0.5, 0.6) is 11.5 Å². The molecule has 0 saturated heterocycles. The van der Waals surface area contributed by atoms with E-state index >= 15 is 0 Å². The van der Waals surface area contributed by atoms with E-state index in [9.17, 15) is 0 Å². The fraction of sp³-hybridized carbons (Fsp3) is 0.0435. The number of nitrogens with zero attached hydrogens (tertiary/aromatic N) is 4. The van der Waals surface area contributed by atoms with Crippen LogP contribution in [-0.2, 0) is 0 Å². The number of hydrogen-bond donors (Lipinski definition) is 2. The highest BCUT2D eigenvalue weighted by Gasteiger charge is 2.07. The molecule has 0 unspecified atom stereocenters. The molecule has 0 aliphatic rings. The summed E-state index contributed by atoms with van der Waals surface area (Å²) in [6.45, 7) is 0. The first-order valence-corrected chi connectivity index (χ1v) is 10.6. The number of nitriles is 1. The maximum absolute atomic E-state index is 8.94. The van der Waals surface area contributed by atoms with Crippen LogP contribution in [0.3, 0.4) is 0 Å². The molecule has 2 aromatic heterocycles. The quantitative estimate of drug-likeness (QED) is 0.402. The molecule has 4 aromatic rings. The Morgan fingerprint density at radius 2 is 1.74 bits per heavy atom. The second-order valence-corrected chi connectivity index (χ2v) is 7.34. The van der Waals surface area contributed by atoms with E-state index in [4.69, 9.17) is 15.7 Å². The van der Waals surface area contributed by atoms with E-state index in [1.807, 2.05) is 66.9 Å². The van der Waals surface area contributed by atoms with Gasteiger partial charge in [-0.25, -0.2) is 9.97 Å². The third kappa shape index (κ3) is 5.10. The normalized spacial score (nSPS) is 10.3. The molecule has 0 amide bonds. The van der Waals surface area contributed by atoms with Crippen molar-refractivity contribution in [3.05, 3.63) is 78.6 Å². The third-order valence-electron chi connectivity index (χ3n) is 4.34. The van der Waals surface area contributed by atoms with Crippen molar-refractivity contribution in [2.24, 2.45) is 0 Å².